The van der Waals surface area contributed by atoms with E-state index in [0.29, 0.717) is 38.5 Å². The molecule has 0 unspecified atom stereocenters. The summed E-state index contributed by atoms with van der Waals surface area (Å²) in [6.07, 6.45) is 1.61. The van der Waals surface area contributed by atoms with Crippen LogP contribution in [0.5, 0.6) is 0 Å². The molecule has 1 atom stereocenters. The summed E-state index contributed by atoms with van der Waals surface area (Å²) in [5, 5.41) is 1.09. The van der Waals surface area contributed by atoms with E-state index < -0.39 is 0 Å². The number of para-hydroxylation sites is 1. The van der Waals surface area contributed by atoms with Gasteiger partial charge in [0.05, 0.1) is 13.2 Å². The van der Waals surface area contributed by atoms with Crippen molar-refractivity contribution in [3.05, 3.63) is 35.5 Å². The molecule has 0 N–H and O–H groups in total. The van der Waals surface area contributed by atoms with Gasteiger partial charge >= 0.3 is 0 Å². The fraction of sp³-hybridized carbons (Fsp3) is 0.500. The predicted octanol–water partition coefficient (Wildman–Crippen LogP) is 1.95. The third-order valence-corrected chi connectivity index (χ3v) is 5.68. The number of morpholine rings is 1. The number of ether oxygens (including phenoxy) is 1. The van der Waals surface area contributed by atoms with Gasteiger partial charge in [0.25, 0.3) is 5.91 Å². The number of hydrogen-bond acceptors (Lipinski definition) is 3. The van der Waals surface area contributed by atoms with Gasteiger partial charge in [-0.1, -0.05) is 18.2 Å². The number of carbonyl (C=O) groups is 2. The quantitative estimate of drug-likeness (QED) is 0.827. The number of hydrogen-bond donors (Lipinski definition) is 0. The van der Waals surface area contributed by atoms with Crippen molar-refractivity contribution in [2.75, 3.05) is 32.8 Å². The lowest BCUT2D eigenvalue weighted by atomic mass is 10.1. The Morgan fingerprint density at radius 1 is 1.12 bits per heavy atom. The molecule has 6 nitrogen and oxygen atoms in total. The summed E-state index contributed by atoms with van der Waals surface area (Å²) >= 11 is 0. The Kier molecular flexibility index (Phi) is 4.44. The van der Waals surface area contributed by atoms with E-state index in [1.807, 2.05) is 47.7 Å². The first-order valence-corrected chi connectivity index (χ1v) is 9.31. The number of rotatable bonds is 2. The molecule has 0 radical (unpaired) electrons. The molecule has 4 rings (SSSR count). The molecule has 3 heterocycles. The first-order chi connectivity index (χ1) is 12.6. The van der Waals surface area contributed by atoms with Gasteiger partial charge in [-0.3, -0.25) is 9.59 Å². The van der Waals surface area contributed by atoms with Crippen molar-refractivity contribution in [2.45, 2.75) is 25.8 Å². The van der Waals surface area contributed by atoms with Gasteiger partial charge in [-0.05, 0) is 31.4 Å². The van der Waals surface area contributed by atoms with Crippen LogP contribution in [0.15, 0.2) is 24.3 Å². The van der Waals surface area contributed by atoms with Crippen molar-refractivity contribution in [1.82, 2.24) is 14.4 Å². The zero-order valence-corrected chi connectivity index (χ0v) is 15.4. The van der Waals surface area contributed by atoms with Crippen LogP contribution in [0.4, 0.5) is 0 Å². The highest BCUT2D eigenvalue weighted by molar-refractivity contribution is 6.03. The van der Waals surface area contributed by atoms with Crippen molar-refractivity contribution in [2.24, 2.45) is 7.05 Å². The Labute approximate surface area is 153 Å². The number of aromatic nitrogens is 1. The number of carbonyl (C=O) groups excluding carboxylic acids is 2. The van der Waals surface area contributed by atoms with Crippen molar-refractivity contribution in [3.8, 4) is 0 Å². The second-order valence-electron chi connectivity index (χ2n) is 7.14. The highest BCUT2D eigenvalue weighted by Gasteiger charge is 2.38. The third-order valence-electron chi connectivity index (χ3n) is 5.68. The van der Waals surface area contributed by atoms with E-state index in [1.165, 1.54) is 0 Å². The summed E-state index contributed by atoms with van der Waals surface area (Å²) in [6, 6.07) is 7.69. The largest absolute Gasteiger partial charge is 0.378 e. The Hall–Kier alpha value is -2.34. The van der Waals surface area contributed by atoms with E-state index in [2.05, 4.69) is 0 Å². The first kappa shape index (κ1) is 17.1. The molecule has 26 heavy (non-hydrogen) atoms. The number of likely N-dealkylation sites (tertiary alicyclic amines) is 1. The topological polar surface area (TPSA) is 54.8 Å². The minimum atomic E-state index is -0.349. The van der Waals surface area contributed by atoms with Gasteiger partial charge < -0.3 is 19.1 Å². The minimum Gasteiger partial charge on any atom is -0.378 e. The Balaban J connectivity index is 1.64. The minimum absolute atomic E-state index is 0.0368. The van der Waals surface area contributed by atoms with E-state index >= 15 is 0 Å². The van der Waals surface area contributed by atoms with E-state index in [4.69, 9.17) is 4.74 Å². The summed E-state index contributed by atoms with van der Waals surface area (Å²) in [7, 11) is 1.93. The summed E-state index contributed by atoms with van der Waals surface area (Å²) in [4.78, 5) is 29.9. The Morgan fingerprint density at radius 3 is 2.58 bits per heavy atom. The molecular formula is C20H25N3O3. The van der Waals surface area contributed by atoms with Gasteiger partial charge in [0, 0.05) is 37.6 Å². The number of amides is 2. The van der Waals surface area contributed by atoms with Crippen LogP contribution < -0.4 is 0 Å². The van der Waals surface area contributed by atoms with E-state index in [-0.39, 0.29) is 17.9 Å². The lowest BCUT2D eigenvalue weighted by molar-refractivity contribution is -0.139. The molecule has 1 aromatic heterocycles. The Bertz CT molecular complexity index is 812. The molecule has 0 aliphatic carbocycles. The van der Waals surface area contributed by atoms with E-state index in [1.54, 1.807) is 4.90 Å². The summed E-state index contributed by atoms with van der Waals surface area (Å²) in [5.41, 5.74) is 2.72. The van der Waals surface area contributed by atoms with Gasteiger partial charge in [0.1, 0.15) is 11.7 Å². The second-order valence-corrected chi connectivity index (χ2v) is 7.14. The molecule has 0 bridgehead atoms. The molecular weight excluding hydrogens is 330 g/mol. The fourth-order valence-electron chi connectivity index (χ4n) is 4.28. The average molecular weight is 355 g/mol. The van der Waals surface area contributed by atoms with Crippen LogP contribution in [-0.4, -0.2) is 65.1 Å². The van der Waals surface area contributed by atoms with Crippen LogP contribution in [0.25, 0.3) is 10.9 Å². The van der Waals surface area contributed by atoms with E-state index in [0.717, 1.165) is 29.3 Å². The molecule has 138 valence electrons. The van der Waals surface area contributed by atoms with Crippen LogP contribution in [0, 0.1) is 6.92 Å². The van der Waals surface area contributed by atoms with Crippen LogP contribution in [0.1, 0.15) is 28.9 Å². The normalized spacial score (nSPS) is 20.8. The van der Waals surface area contributed by atoms with Crippen LogP contribution in [0.2, 0.25) is 0 Å². The summed E-state index contributed by atoms with van der Waals surface area (Å²) < 4.78 is 7.30. The molecule has 6 heteroatoms. The smallest absolute Gasteiger partial charge is 0.271 e. The van der Waals surface area contributed by atoms with Crippen molar-refractivity contribution < 1.29 is 14.3 Å². The first-order valence-electron chi connectivity index (χ1n) is 9.31. The van der Waals surface area contributed by atoms with Crippen LogP contribution in [-0.2, 0) is 16.6 Å². The summed E-state index contributed by atoms with van der Waals surface area (Å²) in [5.74, 6) is 0.0286. The van der Waals surface area contributed by atoms with Gasteiger partial charge in [-0.15, -0.1) is 0 Å². The molecule has 2 aliphatic rings. The molecule has 1 aromatic carbocycles. The molecule has 0 spiro atoms. The number of fused-ring (bicyclic) bond motifs is 1. The average Bonchev–Trinajstić information content (AvgIpc) is 3.26. The molecule has 2 aromatic rings. The maximum absolute atomic E-state index is 13.4. The SMILES string of the molecule is Cc1c(C(=O)N2CCC[C@H]2C(=O)N2CCOCC2)n(C)c2ccccc12. The van der Waals surface area contributed by atoms with Gasteiger partial charge in [-0.2, -0.15) is 0 Å². The number of nitrogens with zero attached hydrogens (tertiary/aromatic N) is 3. The van der Waals surface area contributed by atoms with E-state index in [9.17, 15) is 9.59 Å². The number of benzene rings is 1. The van der Waals surface area contributed by atoms with Gasteiger partial charge in [0.15, 0.2) is 0 Å². The molecule has 2 saturated heterocycles. The van der Waals surface area contributed by atoms with Crippen molar-refractivity contribution >= 4 is 22.7 Å². The van der Waals surface area contributed by atoms with Crippen molar-refractivity contribution in [3.63, 3.8) is 0 Å². The van der Waals surface area contributed by atoms with Crippen LogP contribution in [0.3, 0.4) is 0 Å². The maximum atomic E-state index is 13.4. The second kappa shape index (κ2) is 6.76. The van der Waals surface area contributed by atoms with Gasteiger partial charge in [0.2, 0.25) is 5.91 Å². The molecule has 2 aliphatic heterocycles. The van der Waals surface area contributed by atoms with Crippen LogP contribution >= 0.6 is 0 Å². The lowest BCUT2D eigenvalue weighted by Gasteiger charge is -2.32. The zero-order valence-electron chi connectivity index (χ0n) is 15.4. The van der Waals surface area contributed by atoms with Crippen molar-refractivity contribution in [1.29, 1.82) is 0 Å². The maximum Gasteiger partial charge on any atom is 0.271 e. The predicted molar refractivity (Wildman–Crippen MR) is 99.1 cm³/mol. The lowest BCUT2D eigenvalue weighted by Crippen LogP contribution is -2.51. The monoisotopic (exact) mass is 355 g/mol. The highest BCUT2D eigenvalue weighted by atomic mass is 16.5. The number of aryl methyl sites for hydroxylation is 2. The van der Waals surface area contributed by atoms with Gasteiger partial charge in [-0.25, -0.2) is 0 Å². The molecule has 2 fully saturated rings. The highest BCUT2D eigenvalue weighted by Crippen LogP contribution is 2.28. The third kappa shape index (κ3) is 2.69. The fourth-order valence-corrected chi connectivity index (χ4v) is 4.28. The zero-order chi connectivity index (χ0) is 18.3. The Morgan fingerprint density at radius 2 is 1.85 bits per heavy atom. The molecule has 0 saturated carbocycles. The summed E-state index contributed by atoms with van der Waals surface area (Å²) in [6.45, 7) is 5.02. The standard InChI is InChI=1S/C20H25N3O3/c1-14-15-6-3-4-7-16(15)21(2)18(14)20(25)23-9-5-8-17(23)19(24)22-10-12-26-13-11-22/h3-4,6-7,17H,5,8-13H2,1-2H3/t17-/m0/s1. The molecule has 2 amide bonds.